The summed E-state index contributed by atoms with van der Waals surface area (Å²) in [6, 6.07) is 8.22. The SMILES string of the molecule is CCCC(O)(CC)CCc1cccc(CC(O)CN)c1. The summed E-state index contributed by atoms with van der Waals surface area (Å²) in [5, 5.41) is 20.1. The summed E-state index contributed by atoms with van der Waals surface area (Å²) in [6.07, 6.45) is 4.45. The molecule has 0 saturated carbocycles. The van der Waals surface area contributed by atoms with Gasteiger partial charge in [0.2, 0.25) is 0 Å². The Labute approximate surface area is 122 Å². The van der Waals surface area contributed by atoms with Gasteiger partial charge >= 0.3 is 0 Å². The van der Waals surface area contributed by atoms with Crippen LogP contribution in [0.4, 0.5) is 0 Å². The standard InChI is InChI=1S/C17H29NO2/c1-3-9-17(20,4-2)10-8-14-6-5-7-15(11-14)12-16(19)13-18/h5-7,11,16,19-20H,3-4,8-10,12-13,18H2,1-2H3. The van der Waals surface area contributed by atoms with Crippen molar-refractivity contribution >= 4 is 0 Å². The van der Waals surface area contributed by atoms with Crippen molar-refractivity contribution < 1.29 is 10.2 Å². The van der Waals surface area contributed by atoms with Crippen molar-refractivity contribution in [3.63, 3.8) is 0 Å². The van der Waals surface area contributed by atoms with Crippen molar-refractivity contribution in [2.24, 2.45) is 5.73 Å². The second-order valence-electron chi connectivity index (χ2n) is 5.74. The molecule has 2 unspecified atom stereocenters. The van der Waals surface area contributed by atoms with Gasteiger partial charge in [0.15, 0.2) is 0 Å². The molecular weight excluding hydrogens is 250 g/mol. The van der Waals surface area contributed by atoms with E-state index in [1.54, 1.807) is 0 Å². The number of benzene rings is 1. The van der Waals surface area contributed by atoms with Gasteiger partial charge in [0.05, 0.1) is 11.7 Å². The summed E-state index contributed by atoms with van der Waals surface area (Å²) in [4.78, 5) is 0. The molecule has 1 rings (SSSR count). The van der Waals surface area contributed by atoms with Gasteiger partial charge in [0.1, 0.15) is 0 Å². The quantitative estimate of drug-likeness (QED) is 0.650. The molecule has 3 nitrogen and oxygen atoms in total. The van der Waals surface area contributed by atoms with Crippen molar-refractivity contribution in [2.45, 2.75) is 64.1 Å². The Morgan fingerprint density at radius 1 is 1.20 bits per heavy atom. The smallest absolute Gasteiger partial charge is 0.0702 e. The van der Waals surface area contributed by atoms with Crippen LogP contribution in [0.15, 0.2) is 24.3 Å². The van der Waals surface area contributed by atoms with Gasteiger partial charge in [-0.2, -0.15) is 0 Å². The van der Waals surface area contributed by atoms with Gasteiger partial charge < -0.3 is 15.9 Å². The van der Waals surface area contributed by atoms with Crippen molar-refractivity contribution in [1.29, 1.82) is 0 Å². The van der Waals surface area contributed by atoms with E-state index in [9.17, 15) is 10.2 Å². The summed E-state index contributed by atoms with van der Waals surface area (Å²) >= 11 is 0. The third-order valence-electron chi connectivity index (χ3n) is 3.99. The van der Waals surface area contributed by atoms with E-state index in [0.717, 1.165) is 37.7 Å². The molecule has 1 aromatic rings. The van der Waals surface area contributed by atoms with E-state index in [0.29, 0.717) is 6.42 Å². The zero-order valence-corrected chi connectivity index (χ0v) is 12.8. The van der Waals surface area contributed by atoms with Crippen molar-refractivity contribution in [1.82, 2.24) is 0 Å². The molecule has 0 fully saturated rings. The maximum atomic E-state index is 10.5. The summed E-state index contributed by atoms with van der Waals surface area (Å²) in [6.45, 7) is 4.44. The van der Waals surface area contributed by atoms with Crippen LogP contribution in [0.5, 0.6) is 0 Å². The molecule has 1 aromatic carbocycles. The largest absolute Gasteiger partial charge is 0.391 e. The van der Waals surface area contributed by atoms with Crippen molar-refractivity contribution in [3.05, 3.63) is 35.4 Å². The Kier molecular flexibility index (Phi) is 7.20. The Balaban J connectivity index is 2.61. The van der Waals surface area contributed by atoms with E-state index in [1.165, 1.54) is 5.56 Å². The Bertz CT molecular complexity index is 394. The van der Waals surface area contributed by atoms with Gasteiger partial charge in [-0.05, 0) is 43.2 Å². The lowest BCUT2D eigenvalue weighted by Crippen LogP contribution is -2.28. The molecule has 114 valence electrons. The summed E-state index contributed by atoms with van der Waals surface area (Å²) in [5.41, 5.74) is 7.23. The van der Waals surface area contributed by atoms with Crippen LogP contribution in [-0.2, 0) is 12.8 Å². The zero-order valence-electron chi connectivity index (χ0n) is 12.8. The van der Waals surface area contributed by atoms with Gasteiger partial charge in [-0.3, -0.25) is 0 Å². The van der Waals surface area contributed by atoms with E-state index >= 15 is 0 Å². The molecule has 0 amide bonds. The number of rotatable bonds is 9. The van der Waals surface area contributed by atoms with Gasteiger partial charge in [-0.1, -0.05) is 44.5 Å². The van der Waals surface area contributed by atoms with Gasteiger partial charge in [0, 0.05) is 6.54 Å². The topological polar surface area (TPSA) is 66.5 Å². The fourth-order valence-corrected chi connectivity index (χ4v) is 2.59. The lowest BCUT2D eigenvalue weighted by Gasteiger charge is -2.26. The van der Waals surface area contributed by atoms with E-state index in [2.05, 4.69) is 19.1 Å². The van der Waals surface area contributed by atoms with E-state index in [-0.39, 0.29) is 6.54 Å². The van der Waals surface area contributed by atoms with Crippen LogP contribution in [0, 0.1) is 0 Å². The first-order valence-corrected chi connectivity index (χ1v) is 7.71. The van der Waals surface area contributed by atoms with Crippen molar-refractivity contribution in [3.8, 4) is 0 Å². The Hall–Kier alpha value is -0.900. The maximum absolute atomic E-state index is 10.5. The molecule has 0 aromatic heterocycles. The van der Waals surface area contributed by atoms with Crippen LogP contribution < -0.4 is 5.73 Å². The highest BCUT2D eigenvalue weighted by atomic mass is 16.3. The minimum absolute atomic E-state index is 0.288. The monoisotopic (exact) mass is 279 g/mol. The third-order valence-corrected chi connectivity index (χ3v) is 3.99. The zero-order chi connectivity index (χ0) is 15.0. The van der Waals surface area contributed by atoms with Crippen LogP contribution in [-0.4, -0.2) is 28.5 Å². The fraction of sp³-hybridized carbons (Fsp3) is 0.647. The number of hydrogen-bond acceptors (Lipinski definition) is 3. The first kappa shape index (κ1) is 17.2. The van der Waals surface area contributed by atoms with Crippen LogP contribution in [0.2, 0.25) is 0 Å². The molecule has 0 radical (unpaired) electrons. The number of aliphatic hydroxyl groups excluding tert-OH is 1. The minimum Gasteiger partial charge on any atom is -0.391 e. The normalized spacial score (nSPS) is 15.8. The summed E-state index contributed by atoms with van der Waals surface area (Å²) in [5.74, 6) is 0. The molecule has 0 aliphatic carbocycles. The highest BCUT2D eigenvalue weighted by Gasteiger charge is 2.22. The highest BCUT2D eigenvalue weighted by molar-refractivity contribution is 5.24. The van der Waals surface area contributed by atoms with Crippen molar-refractivity contribution in [2.75, 3.05) is 6.54 Å². The molecule has 0 heterocycles. The first-order valence-electron chi connectivity index (χ1n) is 7.71. The van der Waals surface area contributed by atoms with Crippen LogP contribution in [0.3, 0.4) is 0 Å². The highest BCUT2D eigenvalue weighted by Crippen LogP contribution is 2.24. The predicted molar refractivity (Wildman–Crippen MR) is 83.7 cm³/mol. The average molecular weight is 279 g/mol. The molecule has 20 heavy (non-hydrogen) atoms. The molecule has 0 aliphatic rings. The summed E-state index contributed by atoms with van der Waals surface area (Å²) in [7, 11) is 0. The lowest BCUT2D eigenvalue weighted by molar-refractivity contribution is 0.0185. The second-order valence-corrected chi connectivity index (χ2v) is 5.74. The molecule has 0 bridgehead atoms. The van der Waals surface area contributed by atoms with Gasteiger partial charge in [-0.25, -0.2) is 0 Å². The molecule has 3 heteroatoms. The molecule has 0 saturated heterocycles. The minimum atomic E-state index is -0.540. The fourth-order valence-electron chi connectivity index (χ4n) is 2.59. The summed E-state index contributed by atoms with van der Waals surface area (Å²) < 4.78 is 0. The Morgan fingerprint density at radius 2 is 1.90 bits per heavy atom. The number of aliphatic hydroxyl groups is 2. The number of nitrogens with two attached hydrogens (primary N) is 1. The van der Waals surface area contributed by atoms with E-state index < -0.39 is 11.7 Å². The third kappa shape index (κ3) is 5.61. The molecular formula is C17H29NO2. The van der Waals surface area contributed by atoms with E-state index in [1.807, 2.05) is 19.1 Å². The van der Waals surface area contributed by atoms with Crippen LogP contribution in [0.1, 0.15) is 50.7 Å². The average Bonchev–Trinajstić information content (AvgIpc) is 2.46. The van der Waals surface area contributed by atoms with Gasteiger partial charge in [0.25, 0.3) is 0 Å². The predicted octanol–water partition coefficient (Wildman–Crippen LogP) is 2.42. The first-order chi connectivity index (χ1) is 9.53. The van der Waals surface area contributed by atoms with Crippen LogP contribution >= 0.6 is 0 Å². The molecule has 0 spiro atoms. The molecule has 0 aliphatic heterocycles. The lowest BCUT2D eigenvalue weighted by atomic mass is 9.88. The number of hydrogen-bond donors (Lipinski definition) is 3. The molecule has 2 atom stereocenters. The second kappa shape index (κ2) is 8.40. The van der Waals surface area contributed by atoms with Gasteiger partial charge in [-0.15, -0.1) is 0 Å². The van der Waals surface area contributed by atoms with Crippen LogP contribution in [0.25, 0.3) is 0 Å². The van der Waals surface area contributed by atoms with E-state index in [4.69, 9.17) is 5.73 Å². The Morgan fingerprint density at radius 3 is 2.50 bits per heavy atom. The maximum Gasteiger partial charge on any atom is 0.0702 e. The molecule has 4 N–H and O–H groups in total. The number of aryl methyl sites for hydroxylation is 1.